The zero-order chi connectivity index (χ0) is 11.5. The molecule has 0 radical (unpaired) electrons. The summed E-state index contributed by atoms with van der Waals surface area (Å²) in [5.74, 6) is 0. The van der Waals surface area contributed by atoms with Crippen molar-refractivity contribution < 1.29 is 0 Å². The van der Waals surface area contributed by atoms with Crippen molar-refractivity contribution in [2.75, 3.05) is 0 Å². The Morgan fingerprint density at radius 2 is 2.25 bits per heavy atom. The number of aromatic nitrogens is 2. The number of benzene rings is 1. The van der Waals surface area contributed by atoms with E-state index >= 15 is 0 Å². The molecule has 0 aliphatic heterocycles. The Balaban J connectivity index is 2.21. The van der Waals surface area contributed by atoms with Crippen LogP contribution in [0, 0.1) is 10.5 Å². The van der Waals surface area contributed by atoms with Crippen molar-refractivity contribution in [3.8, 4) is 0 Å². The summed E-state index contributed by atoms with van der Waals surface area (Å²) in [5, 5.41) is 4.28. The summed E-state index contributed by atoms with van der Waals surface area (Å²) in [6.07, 6.45) is 3.90. The molecule has 4 heteroatoms. The molecule has 2 rings (SSSR count). The number of halogens is 1. The molecule has 0 aliphatic rings. The number of nitrogens with two attached hydrogens (primary N) is 1. The van der Waals surface area contributed by atoms with E-state index in [-0.39, 0.29) is 0 Å². The third-order valence-corrected chi connectivity index (χ3v) is 3.13. The van der Waals surface area contributed by atoms with Crippen LogP contribution in [0.2, 0.25) is 0 Å². The zero-order valence-electron chi connectivity index (χ0n) is 9.15. The Morgan fingerprint density at radius 3 is 2.81 bits per heavy atom. The van der Waals surface area contributed by atoms with Crippen molar-refractivity contribution >= 4 is 22.6 Å². The van der Waals surface area contributed by atoms with E-state index in [1.54, 1.807) is 0 Å². The lowest BCUT2D eigenvalue weighted by Crippen LogP contribution is -2.03. The molecule has 0 aliphatic carbocycles. The fourth-order valence-electron chi connectivity index (χ4n) is 1.66. The van der Waals surface area contributed by atoms with E-state index in [2.05, 4.69) is 52.8 Å². The molecule has 0 atom stereocenters. The molecule has 0 bridgehead atoms. The summed E-state index contributed by atoms with van der Waals surface area (Å²) in [7, 11) is 0. The molecule has 1 aromatic heterocycles. The third-order valence-electron chi connectivity index (χ3n) is 2.58. The summed E-state index contributed by atoms with van der Waals surface area (Å²) < 4.78 is 3.11. The van der Waals surface area contributed by atoms with E-state index in [1.807, 2.05) is 17.1 Å². The molecule has 2 aromatic rings. The highest BCUT2D eigenvalue weighted by Crippen LogP contribution is 2.13. The Morgan fingerprint density at radius 1 is 1.44 bits per heavy atom. The normalized spacial score (nSPS) is 10.7. The third kappa shape index (κ3) is 2.62. The van der Waals surface area contributed by atoms with Crippen molar-refractivity contribution in [2.45, 2.75) is 20.0 Å². The fourth-order valence-corrected chi connectivity index (χ4v) is 2.11. The smallest absolute Gasteiger partial charge is 0.0662 e. The lowest BCUT2D eigenvalue weighted by molar-refractivity contribution is 0.683. The Kier molecular flexibility index (Phi) is 3.60. The highest BCUT2D eigenvalue weighted by atomic mass is 127. The molecule has 3 nitrogen and oxygen atoms in total. The first kappa shape index (κ1) is 11.6. The van der Waals surface area contributed by atoms with Crippen LogP contribution in [-0.4, -0.2) is 9.78 Å². The molecule has 0 unspecified atom stereocenters. The minimum absolute atomic E-state index is 0.598. The van der Waals surface area contributed by atoms with Gasteiger partial charge in [-0.15, -0.1) is 0 Å². The van der Waals surface area contributed by atoms with E-state index in [0.29, 0.717) is 6.54 Å². The lowest BCUT2D eigenvalue weighted by Gasteiger charge is -2.07. The summed E-state index contributed by atoms with van der Waals surface area (Å²) in [4.78, 5) is 0. The number of hydrogen-bond donors (Lipinski definition) is 1. The molecule has 16 heavy (non-hydrogen) atoms. The zero-order valence-corrected chi connectivity index (χ0v) is 11.3. The number of hydrogen-bond acceptors (Lipinski definition) is 2. The van der Waals surface area contributed by atoms with Crippen LogP contribution in [0.25, 0.3) is 0 Å². The van der Waals surface area contributed by atoms with E-state index in [0.717, 1.165) is 10.1 Å². The van der Waals surface area contributed by atoms with Gasteiger partial charge in [0, 0.05) is 12.7 Å². The number of rotatable bonds is 3. The quantitative estimate of drug-likeness (QED) is 0.879. The first-order valence-electron chi connectivity index (χ1n) is 5.15. The second-order valence-electron chi connectivity index (χ2n) is 3.82. The molecule has 0 saturated heterocycles. The van der Waals surface area contributed by atoms with Gasteiger partial charge in [0.1, 0.15) is 0 Å². The van der Waals surface area contributed by atoms with Gasteiger partial charge in [-0.2, -0.15) is 5.10 Å². The van der Waals surface area contributed by atoms with Gasteiger partial charge in [0.15, 0.2) is 0 Å². The van der Waals surface area contributed by atoms with Crippen LogP contribution in [-0.2, 0) is 13.1 Å². The number of aryl methyl sites for hydroxylation is 1. The average molecular weight is 327 g/mol. The minimum Gasteiger partial charge on any atom is -0.326 e. The molecule has 84 valence electrons. The summed E-state index contributed by atoms with van der Waals surface area (Å²) in [5.41, 5.74) is 9.34. The maximum absolute atomic E-state index is 5.61. The first-order valence-corrected chi connectivity index (χ1v) is 6.23. The van der Waals surface area contributed by atoms with Crippen LogP contribution >= 0.6 is 22.6 Å². The second-order valence-corrected chi connectivity index (χ2v) is 5.07. The van der Waals surface area contributed by atoms with E-state index in [1.165, 1.54) is 16.7 Å². The van der Waals surface area contributed by atoms with Crippen LogP contribution in [0.1, 0.15) is 16.7 Å². The molecule has 2 N–H and O–H groups in total. The minimum atomic E-state index is 0.598. The molecular formula is C12H14IN3. The number of nitrogens with zero attached hydrogens (tertiary/aromatic N) is 2. The van der Waals surface area contributed by atoms with Gasteiger partial charge in [0.25, 0.3) is 0 Å². The van der Waals surface area contributed by atoms with Gasteiger partial charge in [-0.1, -0.05) is 18.2 Å². The van der Waals surface area contributed by atoms with E-state index in [9.17, 15) is 0 Å². The summed E-state index contributed by atoms with van der Waals surface area (Å²) in [6, 6.07) is 6.35. The molecule has 0 saturated carbocycles. The average Bonchev–Trinajstić information content (AvgIpc) is 2.67. The van der Waals surface area contributed by atoms with Gasteiger partial charge >= 0.3 is 0 Å². The summed E-state index contributed by atoms with van der Waals surface area (Å²) >= 11 is 2.26. The van der Waals surface area contributed by atoms with Gasteiger partial charge in [-0.3, -0.25) is 4.68 Å². The monoisotopic (exact) mass is 327 g/mol. The molecular weight excluding hydrogens is 313 g/mol. The van der Waals surface area contributed by atoms with Crippen LogP contribution in [0.15, 0.2) is 30.6 Å². The van der Waals surface area contributed by atoms with Gasteiger partial charge < -0.3 is 5.73 Å². The molecule has 1 aromatic carbocycles. The van der Waals surface area contributed by atoms with Crippen molar-refractivity contribution in [3.05, 3.63) is 50.9 Å². The highest BCUT2D eigenvalue weighted by Gasteiger charge is 2.02. The largest absolute Gasteiger partial charge is 0.326 e. The topological polar surface area (TPSA) is 43.8 Å². The first-order chi connectivity index (χ1) is 7.69. The Hall–Kier alpha value is -0.880. The highest BCUT2D eigenvalue weighted by molar-refractivity contribution is 14.1. The predicted molar refractivity (Wildman–Crippen MR) is 73.1 cm³/mol. The van der Waals surface area contributed by atoms with Gasteiger partial charge in [-0.25, -0.2) is 0 Å². The van der Waals surface area contributed by atoms with Gasteiger partial charge in [-0.05, 0) is 46.2 Å². The van der Waals surface area contributed by atoms with Gasteiger partial charge in [0.2, 0.25) is 0 Å². The maximum Gasteiger partial charge on any atom is 0.0662 e. The van der Waals surface area contributed by atoms with Crippen molar-refractivity contribution in [1.82, 2.24) is 9.78 Å². The standard InChI is InChI=1S/C12H14IN3/c1-9-4-10(5-14)2-3-11(9)7-16-8-12(13)6-15-16/h2-4,6,8H,5,7,14H2,1H3. The van der Waals surface area contributed by atoms with Crippen molar-refractivity contribution in [1.29, 1.82) is 0 Å². The predicted octanol–water partition coefficient (Wildman–Crippen LogP) is 2.30. The van der Waals surface area contributed by atoms with Crippen LogP contribution in [0.5, 0.6) is 0 Å². The molecule has 0 spiro atoms. The van der Waals surface area contributed by atoms with E-state index < -0.39 is 0 Å². The van der Waals surface area contributed by atoms with Crippen molar-refractivity contribution in [3.63, 3.8) is 0 Å². The molecule has 0 fully saturated rings. The Bertz CT molecular complexity index is 491. The SMILES string of the molecule is Cc1cc(CN)ccc1Cn1cc(I)cn1. The van der Waals surface area contributed by atoms with Crippen molar-refractivity contribution in [2.24, 2.45) is 5.73 Å². The lowest BCUT2D eigenvalue weighted by atomic mass is 10.1. The molecule has 0 amide bonds. The van der Waals surface area contributed by atoms with E-state index in [4.69, 9.17) is 5.73 Å². The maximum atomic E-state index is 5.61. The van der Waals surface area contributed by atoms with Crippen LogP contribution in [0.4, 0.5) is 0 Å². The Labute approximate surface area is 109 Å². The second kappa shape index (κ2) is 4.97. The van der Waals surface area contributed by atoms with Crippen LogP contribution in [0.3, 0.4) is 0 Å². The molecule has 1 heterocycles. The van der Waals surface area contributed by atoms with Gasteiger partial charge in [0.05, 0.1) is 16.3 Å². The fraction of sp³-hybridized carbons (Fsp3) is 0.250. The van der Waals surface area contributed by atoms with Crippen LogP contribution < -0.4 is 5.73 Å². The summed E-state index contributed by atoms with van der Waals surface area (Å²) in [6.45, 7) is 3.53.